The lowest BCUT2D eigenvalue weighted by molar-refractivity contribution is 1.13. The zero-order valence-electron chi connectivity index (χ0n) is 38.1. The van der Waals surface area contributed by atoms with Gasteiger partial charge in [0.25, 0.3) is 0 Å². The van der Waals surface area contributed by atoms with Gasteiger partial charge >= 0.3 is 0 Å². The quantitative estimate of drug-likeness (QED) is 0.143. The van der Waals surface area contributed by atoms with Gasteiger partial charge < -0.3 is 4.57 Å². The lowest BCUT2D eigenvalue weighted by atomic mass is 10.0. The first-order valence-corrected chi connectivity index (χ1v) is 23.3. The SMILES string of the molecule is N#Cc1ccc(-c2ccc3c4ccc(-c5ccc(C#N)cc5)cc4n(-c4ccc(-c5nc(-c6ccccc6)cc(-c6ccccc6)n5)cc4-c4nc(-c5ccccc5)cc(-c5ccccc5)n4)c3c2)cc1. The van der Waals surface area contributed by atoms with Crippen molar-refractivity contribution in [2.45, 2.75) is 0 Å². The number of fused-ring (bicyclic) bond motifs is 3. The molecule has 3 aromatic heterocycles. The average molecular weight is 906 g/mol. The molecule has 3 heterocycles. The molecule has 7 heteroatoms. The van der Waals surface area contributed by atoms with Crippen LogP contribution in [0.2, 0.25) is 0 Å². The van der Waals surface area contributed by atoms with Gasteiger partial charge in [0.2, 0.25) is 0 Å². The number of aromatic nitrogens is 5. The van der Waals surface area contributed by atoms with E-state index in [9.17, 15) is 10.5 Å². The Kier molecular flexibility index (Phi) is 10.8. The summed E-state index contributed by atoms with van der Waals surface area (Å²) in [6, 6.07) is 84.4. The van der Waals surface area contributed by atoms with Crippen molar-refractivity contribution in [3.8, 4) is 108 Å². The Labute approximate surface area is 410 Å². The van der Waals surface area contributed by atoms with E-state index in [2.05, 4.69) is 132 Å². The molecule has 0 unspecified atom stereocenters. The Hall–Kier alpha value is -10.1. The Morgan fingerprint density at radius 1 is 0.296 bits per heavy atom. The number of nitriles is 2. The van der Waals surface area contributed by atoms with Gasteiger partial charge in [-0.3, -0.25) is 0 Å². The van der Waals surface area contributed by atoms with E-state index < -0.39 is 0 Å². The fourth-order valence-corrected chi connectivity index (χ4v) is 9.33. The van der Waals surface area contributed by atoms with E-state index in [0.29, 0.717) is 22.8 Å². The number of hydrogen-bond donors (Lipinski definition) is 0. The molecule has 0 aliphatic heterocycles. The molecule has 7 nitrogen and oxygen atoms in total. The minimum atomic E-state index is 0.533. The fourth-order valence-electron chi connectivity index (χ4n) is 9.33. The smallest absolute Gasteiger partial charge is 0.162 e. The van der Waals surface area contributed by atoms with Crippen LogP contribution < -0.4 is 0 Å². The highest BCUT2D eigenvalue weighted by molar-refractivity contribution is 6.11. The van der Waals surface area contributed by atoms with E-state index >= 15 is 0 Å². The second kappa shape index (κ2) is 18.2. The molecule has 0 saturated carbocycles. The molecular formula is C64H39N7. The van der Waals surface area contributed by atoms with Crippen LogP contribution in [-0.4, -0.2) is 24.5 Å². The zero-order valence-corrected chi connectivity index (χ0v) is 38.1. The van der Waals surface area contributed by atoms with Crippen LogP contribution in [-0.2, 0) is 0 Å². The van der Waals surface area contributed by atoms with Crippen LogP contribution in [0.4, 0.5) is 0 Å². The van der Waals surface area contributed by atoms with Crippen molar-refractivity contribution in [3.63, 3.8) is 0 Å². The molecule has 0 aliphatic rings. The van der Waals surface area contributed by atoms with E-state index in [0.717, 1.165) is 106 Å². The minimum Gasteiger partial charge on any atom is -0.308 e. The average Bonchev–Trinajstić information content (AvgIpc) is 3.78. The maximum absolute atomic E-state index is 9.64. The first-order chi connectivity index (χ1) is 35.1. The van der Waals surface area contributed by atoms with Crippen LogP contribution in [0.5, 0.6) is 0 Å². The van der Waals surface area contributed by atoms with Crippen molar-refractivity contribution in [3.05, 3.63) is 248 Å². The third-order valence-electron chi connectivity index (χ3n) is 12.9. The van der Waals surface area contributed by atoms with E-state index in [1.54, 1.807) is 0 Å². The maximum atomic E-state index is 9.64. The molecule has 0 spiro atoms. The first-order valence-electron chi connectivity index (χ1n) is 23.3. The highest BCUT2D eigenvalue weighted by Gasteiger charge is 2.22. The normalized spacial score (nSPS) is 11.1. The molecule has 0 radical (unpaired) electrons. The molecule has 12 rings (SSSR count). The van der Waals surface area contributed by atoms with Crippen LogP contribution in [0.3, 0.4) is 0 Å². The monoisotopic (exact) mass is 905 g/mol. The molecule has 0 N–H and O–H groups in total. The summed E-state index contributed by atoms with van der Waals surface area (Å²) in [5, 5.41) is 21.4. The molecule has 9 aromatic carbocycles. The number of benzene rings is 9. The van der Waals surface area contributed by atoms with Crippen LogP contribution in [0.1, 0.15) is 11.1 Å². The fraction of sp³-hybridized carbons (Fsp3) is 0. The van der Waals surface area contributed by atoms with Crippen LogP contribution >= 0.6 is 0 Å². The van der Waals surface area contributed by atoms with E-state index in [-0.39, 0.29) is 0 Å². The van der Waals surface area contributed by atoms with Gasteiger partial charge in [0.15, 0.2) is 11.6 Å². The van der Waals surface area contributed by atoms with Gasteiger partial charge in [0.1, 0.15) is 0 Å². The number of nitrogens with zero attached hydrogens (tertiary/aromatic N) is 7. The highest BCUT2D eigenvalue weighted by Crippen LogP contribution is 2.41. The Morgan fingerprint density at radius 3 is 1.03 bits per heavy atom. The van der Waals surface area contributed by atoms with Gasteiger partial charge in [-0.2, -0.15) is 10.5 Å². The molecule has 0 aliphatic carbocycles. The van der Waals surface area contributed by atoms with Crippen molar-refractivity contribution < 1.29 is 0 Å². The van der Waals surface area contributed by atoms with Crippen molar-refractivity contribution in [2.75, 3.05) is 0 Å². The lowest BCUT2D eigenvalue weighted by Crippen LogP contribution is -2.03. The van der Waals surface area contributed by atoms with Crippen LogP contribution in [0.25, 0.3) is 118 Å². The second-order valence-electron chi connectivity index (χ2n) is 17.3. The Morgan fingerprint density at radius 2 is 0.648 bits per heavy atom. The first kappa shape index (κ1) is 42.3. The Balaban J connectivity index is 1.17. The van der Waals surface area contributed by atoms with Gasteiger partial charge in [0.05, 0.1) is 62.8 Å². The van der Waals surface area contributed by atoms with Gasteiger partial charge in [-0.25, -0.2) is 19.9 Å². The minimum absolute atomic E-state index is 0.533. The molecule has 0 amide bonds. The summed E-state index contributed by atoms with van der Waals surface area (Å²) in [7, 11) is 0. The predicted molar refractivity (Wildman–Crippen MR) is 285 cm³/mol. The van der Waals surface area contributed by atoms with Gasteiger partial charge in [-0.05, 0) is 89.0 Å². The summed E-state index contributed by atoms with van der Waals surface area (Å²) in [4.78, 5) is 21.4. The molecule has 71 heavy (non-hydrogen) atoms. The summed E-state index contributed by atoms with van der Waals surface area (Å²) >= 11 is 0. The molecule has 0 saturated heterocycles. The predicted octanol–water partition coefficient (Wildman–Crippen LogP) is 15.4. The Bertz CT molecular complexity index is 3790. The third-order valence-corrected chi connectivity index (χ3v) is 12.9. The summed E-state index contributed by atoms with van der Waals surface area (Å²) in [5.74, 6) is 1.10. The van der Waals surface area contributed by atoms with E-state index in [4.69, 9.17) is 19.9 Å². The summed E-state index contributed by atoms with van der Waals surface area (Å²) in [6.45, 7) is 0. The third kappa shape index (κ3) is 8.16. The van der Waals surface area contributed by atoms with Gasteiger partial charge in [-0.15, -0.1) is 0 Å². The summed E-state index contributed by atoms with van der Waals surface area (Å²) < 4.78 is 2.32. The van der Waals surface area contributed by atoms with E-state index in [1.807, 2.05) is 121 Å². The van der Waals surface area contributed by atoms with Crippen molar-refractivity contribution >= 4 is 21.8 Å². The summed E-state index contributed by atoms with van der Waals surface area (Å²) in [5.41, 5.74) is 16.7. The number of rotatable bonds is 9. The molecular weight excluding hydrogens is 867 g/mol. The van der Waals surface area contributed by atoms with Crippen LogP contribution in [0, 0.1) is 22.7 Å². The van der Waals surface area contributed by atoms with Gasteiger partial charge in [-0.1, -0.05) is 170 Å². The molecule has 330 valence electrons. The molecule has 0 atom stereocenters. The topological polar surface area (TPSA) is 104 Å². The molecule has 0 fully saturated rings. The van der Waals surface area contributed by atoms with Crippen molar-refractivity contribution in [2.24, 2.45) is 0 Å². The lowest BCUT2D eigenvalue weighted by Gasteiger charge is -2.17. The van der Waals surface area contributed by atoms with Gasteiger partial charge in [0, 0.05) is 44.2 Å². The highest BCUT2D eigenvalue weighted by atomic mass is 15.0. The zero-order chi connectivity index (χ0) is 47.7. The van der Waals surface area contributed by atoms with Crippen LogP contribution in [0.15, 0.2) is 237 Å². The maximum Gasteiger partial charge on any atom is 0.162 e. The van der Waals surface area contributed by atoms with Crippen molar-refractivity contribution in [1.82, 2.24) is 24.5 Å². The molecule has 0 bridgehead atoms. The largest absolute Gasteiger partial charge is 0.308 e. The molecule has 12 aromatic rings. The number of hydrogen-bond acceptors (Lipinski definition) is 6. The second-order valence-corrected chi connectivity index (χ2v) is 17.3. The standard InChI is InChI=1S/C64H39N7/c65-40-42-21-25-44(26-22-42)50-29-32-53-54-33-30-51(45-27-23-43(41-66)24-28-45)37-62(54)71(61(53)36-50)60-34-31-52(63-67-56(46-13-5-1-6-14-46)38-57(68-63)47-15-7-2-8-16-47)35-55(60)64-69-58(48-17-9-3-10-18-48)39-59(70-64)49-19-11-4-12-20-49/h1-39H. The summed E-state index contributed by atoms with van der Waals surface area (Å²) in [6.07, 6.45) is 0. The van der Waals surface area contributed by atoms with Crippen molar-refractivity contribution in [1.29, 1.82) is 10.5 Å². The van der Waals surface area contributed by atoms with E-state index in [1.165, 1.54) is 0 Å².